The van der Waals surface area contributed by atoms with Crippen LogP contribution < -0.4 is 25.7 Å². The minimum Gasteiger partial charge on any atom is -0.493 e. The lowest BCUT2D eigenvalue weighted by Crippen LogP contribution is -2.23. The van der Waals surface area contributed by atoms with Crippen LogP contribution in [0.3, 0.4) is 0 Å². The van der Waals surface area contributed by atoms with Crippen molar-refractivity contribution in [2.75, 3.05) is 24.9 Å². The molecule has 3 aromatic rings. The molecule has 0 radical (unpaired) electrons. The Balaban J connectivity index is 1.65. The third-order valence-electron chi connectivity index (χ3n) is 5.49. The predicted octanol–water partition coefficient (Wildman–Crippen LogP) is 3.40. The van der Waals surface area contributed by atoms with Gasteiger partial charge in [-0.05, 0) is 31.4 Å². The largest absolute Gasteiger partial charge is 0.493 e. The van der Waals surface area contributed by atoms with E-state index in [0.717, 1.165) is 36.2 Å². The van der Waals surface area contributed by atoms with Crippen molar-refractivity contribution in [2.24, 2.45) is 0 Å². The maximum Gasteiger partial charge on any atom is 0.324 e. The Morgan fingerprint density at radius 3 is 2.55 bits per heavy atom. The Morgan fingerprint density at radius 2 is 1.85 bits per heavy atom. The maximum absolute atomic E-state index is 12.8. The molecule has 0 bridgehead atoms. The van der Waals surface area contributed by atoms with Crippen LogP contribution in [0.5, 0.6) is 11.5 Å². The van der Waals surface area contributed by atoms with Crippen molar-refractivity contribution in [3.63, 3.8) is 0 Å². The molecular formula is C23H28N6O4. The highest BCUT2D eigenvalue weighted by Gasteiger charge is 2.24. The molecule has 0 saturated heterocycles. The molecule has 3 N–H and O–H groups in total. The summed E-state index contributed by atoms with van der Waals surface area (Å²) in [5.74, 6) is 1.72. The van der Waals surface area contributed by atoms with Crippen LogP contribution in [-0.4, -0.2) is 40.0 Å². The number of hydrogen-bond donors (Lipinski definition) is 3. The van der Waals surface area contributed by atoms with Gasteiger partial charge in [0.05, 0.1) is 25.6 Å². The summed E-state index contributed by atoms with van der Waals surface area (Å²) in [4.78, 5) is 32.8. The van der Waals surface area contributed by atoms with E-state index in [4.69, 9.17) is 9.47 Å². The topological polar surface area (TPSA) is 123 Å². The number of benzene rings is 1. The van der Waals surface area contributed by atoms with E-state index in [1.807, 2.05) is 20.8 Å². The normalized spacial score (nSPS) is 12.9. The smallest absolute Gasteiger partial charge is 0.324 e. The highest BCUT2D eigenvalue weighted by molar-refractivity contribution is 5.99. The lowest BCUT2D eigenvalue weighted by atomic mass is 9.92. The molecule has 0 saturated carbocycles. The zero-order valence-corrected chi connectivity index (χ0v) is 19.4. The first-order valence-corrected chi connectivity index (χ1v) is 10.7. The van der Waals surface area contributed by atoms with Crippen LogP contribution >= 0.6 is 0 Å². The summed E-state index contributed by atoms with van der Waals surface area (Å²) in [6.07, 6.45) is 2.38. The summed E-state index contributed by atoms with van der Waals surface area (Å²) in [6, 6.07) is 6.37. The fourth-order valence-electron chi connectivity index (χ4n) is 3.72. The van der Waals surface area contributed by atoms with Crippen LogP contribution in [0.25, 0.3) is 5.95 Å². The summed E-state index contributed by atoms with van der Waals surface area (Å²) in [5, 5.41) is 10.2. The van der Waals surface area contributed by atoms with Crippen LogP contribution in [0.4, 0.5) is 16.3 Å². The number of ether oxygens (including phenoxy) is 2. The van der Waals surface area contributed by atoms with Crippen molar-refractivity contribution in [1.29, 1.82) is 0 Å². The van der Waals surface area contributed by atoms with Crippen LogP contribution in [0.1, 0.15) is 44.1 Å². The van der Waals surface area contributed by atoms with Gasteiger partial charge in [-0.15, -0.1) is 0 Å². The van der Waals surface area contributed by atoms with Crippen molar-refractivity contribution in [1.82, 2.24) is 19.7 Å². The number of methoxy groups -OCH3 is 2. The van der Waals surface area contributed by atoms with Gasteiger partial charge in [0, 0.05) is 28.8 Å². The molecule has 2 aromatic heterocycles. The molecule has 1 aliphatic rings. The van der Waals surface area contributed by atoms with E-state index < -0.39 is 6.03 Å². The van der Waals surface area contributed by atoms with E-state index in [0.29, 0.717) is 23.0 Å². The van der Waals surface area contributed by atoms with Gasteiger partial charge in [-0.2, -0.15) is 9.78 Å². The molecule has 4 rings (SSSR count). The van der Waals surface area contributed by atoms with E-state index >= 15 is 0 Å². The summed E-state index contributed by atoms with van der Waals surface area (Å²) < 4.78 is 12.0. The lowest BCUT2D eigenvalue weighted by molar-refractivity contribution is 0.262. The maximum atomic E-state index is 12.8. The molecule has 0 aliphatic heterocycles. The molecule has 2 heterocycles. The highest BCUT2D eigenvalue weighted by Crippen LogP contribution is 2.30. The first-order valence-electron chi connectivity index (χ1n) is 10.7. The van der Waals surface area contributed by atoms with E-state index in [1.54, 1.807) is 31.4 Å². The number of H-pyrrole nitrogens is 1. The number of carbonyl (C=O) groups is 1. The quantitative estimate of drug-likeness (QED) is 0.545. The van der Waals surface area contributed by atoms with Crippen LogP contribution in [0.2, 0.25) is 0 Å². The zero-order chi connectivity index (χ0) is 23.8. The van der Waals surface area contributed by atoms with Gasteiger partial charge in [0.25, 0.3) is 5.56 Å². The number of rotatable bonds is 5. The van der Waals surface area contributed by atoms with Crippen molar-refractivity contribution >= 4 is 17.5 Å². The molecule has 0 atom stereocenters. The van der Waals surface area contributed by atoms with E-state index in [1.165, 1.54) is 11.8 Å². The molecule has 0 unspecified atom stereocenters. The monoisotopic (exact) mass is 452 g/mol. The van der Waals surface area contributed by atoms with Crippen LogP contribution in [0.15, 0.2) is 29.1 Å². The van der Waals surface area contributed by atoms with Gasteiger partial charge in [-0.1, -0.05) is 20.8 Å². The number of aryl methyl sites for hydroxylation is 1. The second-order valence-corrected chi connectivity index (χ2v) is 8.89. The second kappa shape index (κ2) is 8.61. The number of hydrogen-bond acceptors (Lipinski definition) is 6. The van der Waals surface area contributed by atoms with Gasteiger partial charge < -0.3 is 14.8 Å². The molecule has 0 spiro atoms. The van der Waals surface area contributed by atoms with E-state index in [2.05, 4.69) is 25.7 Å². The second-order valence-electron chi connectivity index (χ2n) is 8.89. The molecular weight excluding hydrogens is 424 g/mol. The molecule has 174 valence electrons. The predicted molar refractivity (Wildman–Crippen MR) is 125 cm³/mol. The number of aromatic nitrogens is 4. The first kappa shape index (κ1) is 22.4. The summed E-state index contributed by atoms with van der Waals surface area (Å²) in [5.41, 5.74) is 2.33. The summed E-state index contributed by atoms with van der Waals surface area (Å²) in [7, 11) is 3.07. The first-order chi connectivity index (χ1) is 15.7. The average molecular weight is 453 g/mol. The standard InChI is InChI=1S/C23H28N6O4/c1-23(2,3)18-12-19(26-22(31)24-13-9-10-16(32-4)17(11-13)33-5)29(28-18)21-25-15-8-6-7-14(15)20(30)27-21/h9-12H,6-8H2,1-5H3,(H2,24,26,31)(H,25,27,30). The number of carbonyl (C=O) groups excluding carboxylic acids is 1. The summed E-state index contributed by atoms with van der Waals surface area (Å²) >= 11 is 0. The van der Waals surface area contributed by atoms with Gasteiger partial charge in [-0.25, -0.2) is 9.78 Å². The van der Waals surface area contributed by atoms with Gasteiger partial charge >= 0.3 is 6.03 Å². The zero-order valence-electron chi connectivity index (χ0n) is 19.4. The van der Waals surface area contributed by atoms with E-state index in [-0.39, 0.29) is 16.9 Å². The van der Waals surface area contributed by atoms with Gasteiger partial charge in [0.1, 0.15) is 5.82 Å². The van der Waals surface area contributed by atoms with Crippen LogP contribution in [0, 0.1) is 0 Å². The highest BCUT2D eigenvalue weighted by atomic mass is 16.5. The number of nitrogens with zero attached hydrogens (tertiary/aromatic N) is 3. The fraction of sp³-hybridized carbons (Fsp3) is 0.391. The molecule has 0 fully saturated rings. The summed E-state index contributed by atoms with van der Waals surface area (Å²) in [6.45, 7) is 6.06. The molecule has 10 heteroatoms. The molecule has 1 aromatic carbocycles. The van der Waals surface area contributed by atoms with Crippen molar-refractivity contribution in [2.45, 2.75) is 45.4 Å². The fourth-order valence-corrected chi connectivity index (χ4v) is 3.72. The van der Waals surface area contributed by atoms with Crippen molar-refractivity contribution in [3.8, 4) is 17.4 Å². The molecule has 1 aliphatic carbocycles. The van der Waals surface area contributed by atoms with Gasteiger partial charge in [0.15, 0.2) is 11.5 Å². The Morgan fingerprint density at radius 1 is 1.09 bits per heavy atom. The number of urea groups is 1. The number of aromatic amines is 1. The molecule has 10 nitrogen and oxygen atoms in total. The minimum atomic E-state index is -0.479. The van der Waals surface area contributed by atoms with Crippen molar-refractivity contribution < 1.29 is 14.3 Å². The third kappa shape index (κ3) is 4.55. The van der Waals surface area contributed by atoms with Crippen LogP contribution in [-0.2, 0) is 18.3 Å². The Kier molecular flexibility index (Phi) is 5.84. The average Bonchev–Trinajstić information content (AvgIpc) is 3.40. The minimum absolute atomic E-state index is 0.166. The molecule has 33 heavy (non-hydrogen) atoms. The molecule has 2 amide bonds. The SMILES string of the molecule is COc1ccc(NC(=O)Nc2cc(C(C)(C)C)nn2-c2nc3c(c(=O)[nH]2)CCC3)cc1OC. The Labute approximate surface area is 191 Å². The van der Waals surface area contributed by atoms with Crippen molar-refractivity contribution in [3.05, 3.63) is 51.6 Å². The van der Waals surface area contributed by atoms with Gasteiger partial charge in [0.2, 0.25) is 5.95 Å². The third-order valence-corrected chi connectivity index (χ3v) is 5.49. The number of amides is 2. The van der Waals surface area contributed by atoms with E-state index in [9.17, 15) is 9.59 Å². The Bertz CT molecular complexity index is 1250. The van der Waals surface area contributed by atoms with Gasteiger partial charge in [-0.3, -0.25) is 15.1 Å². The number of anilines is 2. The lowest BCUT2D eigenvalue weighted by Gasteiger charge is -2.14. The number of fused-ring (bicyclic) bond motifs is 1. The number of nitrogens with one attached hydrogen (secondary N) is 3. The Hall–Kier alpha value is -3.82.